The number of rotatable bonds is 9. The maximum atomic E-state index is 12.0. The van der Waals surface area contributed by atoms with Gasteiger partial charge in [0.15, 0.2) is 0 Å². The lowest BCUT2D eigenvalue weighted by Crippen LogP contribution is -2.38. The summed E-state index contributed by atoms with van der Waals surface area (Å²) in [6.07, 6.45) is 5.19. The molecule has 0 aromatic heterocycles. The second-order valence-electron chi connectivity index (χ2n) is 4.72. The lowest BCUT2D eigenvalue weighted by atomic mass is 10.4. The topological polar surface area (TPSA) is 49.4 Å². The summed E-state index contributed by atoms with van der Waals surface area (Å²) in [5.74, 6) is 1.10. The van der Waals surface area contributed by atoms with Crippen molar-refractivity contribution in [1.82, 2.24) is 9.62 Å². The Kier molecular flexibility index (Phi) is 6.26. The lowest BCUT2D eigenvalue weighted by Gasteiger charge is -2.23. The van der Waals surface area contributed by atoms with E-state index in [0.29, 0.717) is 12.5 Å². The van der Waals surface area contributed by atoms with Crippen molar-refractivity contribution in [2.45, 2.75) is 38.3 Å². The fraction of sp³-hybridized carbons (Fsp3) is 1.00. The smallest absolute Gasteiger partial charge is 0.214 e. The van der Waals surface area contributed by atoms with Gasteiger partial charge in [0.2, 0.25) is 10.0 Å². The summed E-state index contributed by atoms with van der Waals surface area (Å²) in [6, 6.07) is 0.734. The zero-order valence-electron chi connectivity index (χ0n) is 11.0. The van der Waals surface area contributed by atoms with Crippen LogP contribution in [0.3, 0.4) is 0 Å². The molecule has 0 spiro atoms. The number of nitrogens with one attached hydrogen (secondary N) is 1. The molecule has 102 valence electrons. The van der Waals surface area contributed by atoms with Crippen molar-refractivity contribution in [2.75, 3.05) is 31.4 Å². The first-order valence-corrected chi connectivity index (χ1v) is 9.15. The summed E-state index contributed by atoms with van der Waals surface area (Å²) in [7, 11) is -1.39. The van der Waals surface area contributed by atoms with E-state index in [0.717, 1.165) is 12.3 Å². The van der Waals surface area contributed by atoms with E-state index in [9.17, 15) is 8.42 Å². The predicted molar refractivity (Wildman–Crippen MR) is 75.0 cm³/mol. The Bertz CT molecular complexity index is 315. The maximum Gasteiger partial charge on any atom is 0.214 e. The molecule has 1 saturated carbocycles. The number of nitrogens with zero attached hydrogens (tertiary/aromatic N) is 1. The van der Waals surface area contributed by atoms with Gasteiger partial charge in [-0.25, -0.2) is 12.7 Å². The van der Waals surface area contributed by atoms with Gasteiger partial charge in [0, 0.05) is 24.9 Å². The molecule has 0 aliphatic heterocycles. The molecular formula is C11H24N2O2S2. The number of hydrogen-bond acceptors (Lipinski definition) is 4. The summed E-state index contributed by atoms with van der Waals surface area (Å²) < 4.78 is 25.5. The first-order valence-electron chi connectivity index (χ1n) is 6.15. The normalized spacial score (nSPS) is 18.6. The Morgan fingerprint density at radius 2 is 2.12 bits per heavy atom. The molecule has 1 rings (SSSR count). The molecule has 0 bridgehead atoms. The van der Waals surface area contributed by atoms with Gasteiger partial charge in [-0.2, -0.15) is 11.8 Å². The molecule has 1 unspecified atom stereocenters. The fourth-order valence-corrected chi connectivity index (χ4v) is 3.83. The van der Waals surface area contributed by atoms with Crippen LogP contribution in [0.1, 0.15) is 26.2 Å². The summed E-state index contributed by atoms with van der Waals surface area (Å²) in [4.78, 5) is 0. The van der Waals surface area contributed by atoms with E-state index in [1.807, 2.05) is 13.2 Å². The molecule has 6 heteroatoms. The Balaban J connectivity index is 2.26. The molecule has 4 nitrogen and oxygen atoms in total. The SMILES string of the molecule is CSCC(C)N(C)S(=O)(=O)CCCNC1CC1. The van der Waals surface area contributed by atoms with Gasteiger partial charge in [0.25, 0.3) is 0 Å². The van der Waals surface area contributed by atoms with E-state index in [1.54, 1.807) is 18.8 Å². The van der Waals surface area contributed by atoms with Crippen molar-refractivity contribution >= 4 is 21.8 Å². The Morgan fingerprint density at radius 1 is 1.47 bits per heavy atom. The van der Waals surface area contributed by atoms with E-state index in [1.165, 1.54) is 17.1 Å². The van der Waals surface area contributed by atoms with Crippen LogP contribution in [-0.4, -0.2) is 56.2 Å². The second kappa shape index (κ2) is 6.97. The van der Waals surface area contributed by atoms with E-state index in [2.05, 4.69) is 5.32 Å². The van der Waals surface area contributed by atoms with Crippen LogP contribution in [0.2, 0.25) is 0 Å². The minimum Gasteiger partial charge on any atom is -0.314 e. The fourth-order valence-electron chi connectivity index (χ4n) is 1.61. The Labute approximate surface area is 110 Å². The van der Waals surface area contributed by atoms with E-state index >= 15 is 0 Å². The third-order valence-corrected chi connectivity index (χ3v) is 5.91. The van der Waals surface area contributed by atoms with Gasteiger partial charge in [-0.05, 0) is 39.0 Å². The quantitative estimate of drug-likeness (QED) is 0.644. The van der Waals surface area contributed by atoms with Gasteiger partial charge in [0.1, 0.15) is 0 Å². The largest absolute Gasteiger partial charge is 0.314 e. The molecule has 1 fully saturated rings. The molecule has 17 heavy (non-hydrogen) atoms. The van der Waals surface area contributed by atoms with Crippen LogP contribution in [-0.2, 0) is 10.0 Å². The number of thioether (sulfide) groups is 1. The van der Waals surface area contributed by atoms with Crippen molar-refractivity contribution < 1.29 is 8.42 Å². The molecule has 0 amide bonds. The summed E-state index contributed by atoms with van der Waals surface area (Å²) >= 11 is 1.68. The number of sulfonamides is 1. The summed E-state index contributed by atoms with van der Waals surface area (Å²) in [5.41, 5.74) is 0. The molecule has 0 aromatic rings. The average Bonchev–Trinajstić information content (AvgIpc) is 3.07. The Morgan fingerprint density at radius 3 is 2.65 bits per heavy atom. The minimum atomic E-state index is -3.08. The monoisotopic (exact) mass is 280 g/mol. The van der Waals surface area contributed by atoms with Crippen molar-refractivity contribution in [3.8, 4) is 0 Å². The van der Waals surface area contributed by atoms with Crippen molar-refractivity contribution in [3.05, 3.63) is 0 Å². The third kappa shape index (κ3) is 5.59. The molecular weight excluding hydrogens is 256 g/mol. The van der Waals surface area contributed by atoms with Crippen molar-refractivity contribution in [2.24, 2.45) is 0 Å². The highest BCUT2D eigenvalue weighted by atomic mass is 32.2. The summed E-state index contributed by atoms with van der Waals surface area (Å²) in [6.45, 7) is 2.77. The molecule has 0 saturated heterocycles. The van der Waals surface area contributed by atoms with Gasteiger partial charge >= 0.3 is 0 Å². The highest BCUT2D eigenvalue weighted by Crippen LogP contribution is 2.18. The standard InChI is InChI=1S/C11H24N2O2S2/c1-10(9-16-3)13(2)17(14,15)8-4-7-12-11-5-6-11/h10-12H,4-9H2,1-3H3. The van der Waals surface area contributed by atoms with Crippen molar-refractivity contribution in [1.29, 1.82) is 0 Å². The highest BCUT2D eigenvalue weighted by Gasteiger charge is 2.23. The second-order valence-corrected chi connectivity index (χ2v) is 7.78. The van der Waals surface area contributed by atoms with Crippen LogP contribution in [0.15, 0.2) is 0 Å². The lowest BCUT2D eigenvalue weighted by molar-refractivity contribution is 0.414. The van der Waals surface area contributed by atoms with Gasteiger partial charge in [-0.1, -0.05) is 0 Å². The van der Waals surface area contributed by atoms with Crippen molar-refractivity contribution in [3.63, 3.8) is 0 Å². The molecule has 1 atom stereocenters. The molecule has 0 aromatic carbocycles. The summed E-state index contributed by atoms with van der Waals surface area (Å²) in [5, 5.41) is 3.34. The minimum absolute atomic E-state index is 0.0754. The van der Waals surface area contributed by atoms with Gasteiger partial charge < -0.3 is 5.32 Å². The highest BCUT2D eigenvalue weighted by molar-refractivity contribution is 7.98. The van der Waals surface area contributed by atoms with Crippen LogP contribution in [0, 0.1) is 0 Å². The van der Waals surface area contributed by atoms with Gasteiger partial charge in [0.05, 0.1) is 5.75 Å². The van der Waals surface area contributed by atoms with Gasteiger partial charge in [-0.3, -0.25) is 0 Å². The molecule has 0 heterocycles. The van der Waals surface area contributed by atoms with E-state index in [-0.39, 0.29) is 11.8 Å². The maximum absolute atomic E-state index is 12.0. The van der Waals surface area contributed by atoms with Gasteiger partial charge in [-0.15, -0.1) is 0 Å². The number of hydrogen-bond donors (Lipinski definition) is 1. The molecule has 1 aliphatic rings. The van der Waals surface area contributed by atoms with E-state index < -0.39 is 10.0 Å². The zero-order chi connectivity index (χ0) is 12.9. The van der Waals surface area contributed by atoms with Crippen LogP contribution in [0.5, 0.6) is 0 Å². The predicted octanol–water partition coefficient (Wildman–Crippen LogP) is 1.14. The van der Waals surface area contributed by atoms with Crippen LogP contribution < -0.4 is 5.32 Å². The van der Waals surface area contributed by atoms with E-state index in [4.69, 9.17) is 0 Å². The van der Waals surface area contributed by atoms with Crippen LogP contribution >= 0.6 is 11.8 Å². The molecule has 0 radical (unpaired) electrons. The zero-order valence-corrected chi connectivity index (χ0v) is 12.6. The molecule has 1 N–H and O–H groups in total. The van der Waals surface area contributed by atoms with Crippen LogP contribution in [0.25, 0.3) is 0 Å². The Hall–Kier alpha value is 0.220. The first-order chi connectivity index (χ1) is 7.97. The first kappa shape index (κ1) is 15.3. The van der Waals surface area contributed by atoms with Crippen LogP contribution in [0.4, 0.5) is 0 Å². The molecule has 1 aliphatic carbocycles. The average molecular weight is 280 g/mol. The third-order valence-electron chi connectivity index (χ3n) is 3.06.